The average molecular weight is 454 g/mol. The molecule has 0 aliphatic heterocycles. The van der Waals surface area contributed by atoms with Gasteiger partial charge in [0.05, 0.1) is 4.90 Å². The molecule has 32 heavy (non-hydrogen) atoms. The van der Waals surface area contributed by atoms with Gasteiger partial charge >= 0.3 is 0 Å². The van der Waals surface area contributed by atoms with E-state index in [9.17, 15) is 17.6 Å². The highest BCUT2D eigenvalue weighted by molar-refractivity contribution is 7.92. The zero-order chi connectivity index (χ0) is 23.0. The number of carbonyl (C=O) groups excluding carboxylic acids is 1. The molecule has 10 heteroatoms. The second-order valence-electron chi connectivity index (χ2n) is 7.22. The van der Waals surface area contributed by atoms with Crippen molar-refractivity contribution in [3.8, 4) is 0 Å². The Labute approximate surface area is 183 Å². The fourth-order valence-electron chi connectivity index (χ4n) is 3.28. The first-order valence-electron chi connectivity index (χ1n) is 9.57. The Hall–Kier alpha value is -3.79. The van der Waals surface area contributed by atoms with Gasteiger partial charge in [-0.1, -0.05) is 0 Å². The van der Waals surface area contributed by atoms with Gasteiger partial charge in [-0.05, 0) is 63.2 Å². The molecule has 2 N–H and O–H groups in total. The molecule has 0 fully saturated rings. The van der Waals surface area contributed by atoms with Gasteiger partial charge in [-0.15, -0.1) is 0 Å². The number of benzene rings is 2. The quantitative estimate of drug-likeness (QED) is 0.464. The van der Waals surface area contributed by atoms with Crippen LogP contribution in [0, 0.1) is 26.6 Å². The number of carbonyl (C=O) groups is 1. The summed E-state index contributed by atoms with van der Waals surface area (Å²) in [7, 11) is -3.88. The minimum Gasteiger partial charge on any atom is -0.451 e. The number of furan rings is 1. The Morgan fingerprint density at radius 3 is 2.41 bits per heavy atom. The van der Waals surface area contributed by atoms with Gasteiger partial charge in [-0.25, -0.2) is 22.8 Å². The number of hydrogen-bond donors (Lipinski definition) is 2. The summed E-state index contributed by atoms with van der Waals surface area (Å²) in [4.78, 5) is 20.8. The highest BCUT2D eigenvalue weighted by Gasteiger charge is 2.19. The van der Waals surface area contributed by atoms with Crippen molar-refractivity contribution in [2.45, 2.75) is 25.7 Å². The van der Waals surface area contributed by atoms with Crippen LogP contribution in [0.4, 0.5) is 15.9 Å². The Balaban J connectivity index is 1.52. The van der Waals surface area contributed by atoms with Gasteiger partial charge < -0.3 is 9.73 Å². The molecule has 164 valence electrons. The third kappa shape index (κ3) is 4.30. The lowest BCUT2D eigenvalue weighted by molar-refractivity contribution is 0.0998. The smallest absolute Gasteiger partial charge is 0.291 e. The number of anilines is 2. The molecule has 2 aromatic heterocycles. The van der Waals surface area contributed by atoms with E-state index in [2.05, 4.69) is 20.0 Å². The molecule has 0 aliphatic carbocycles. The average Bonchev–Trinajstić information content (AvgIpc) is 3.03. The zero-order valence-corrected chi connectivity index (χ0v) is 18.2. The molecule has 0 radical (unpaired) electrons. The number of nitrogens with one attached hydrogen (secondary N) is 2. The molecule has 0 unspecified atom stereocenters. The van der Waals surface area contributed by atoms with E-state index in [1.54, 1.807) is 20.8 Å². The molecule has 4 rings (SSSR count). The summed E-state index contributed by atoms with van der Waals surface area (Å²) in [5.74, 6) is -0.280. The van der Waals surface area contributed by atoms with Gasteiger partial charge in [-0.3, -0.25) is 9.52 Å². The maximum Gasteiger partial charge on any atom is 0.291 e. The predicted molar refractivity (Wildman–Crippen MR) is 118 cm³/mol. The fraction of sp³-hybridized carbons (Fsp3) is 0.136. The number of sulfonamides is 1. The summed E-state index contributed by atoms with van der Waals surface area (Å²) in [6.07, 6.45) is 0. The molecular formula is C22H19FN4O4S. The van der Waals surface area contributed by atoms with Crippen molar-refractivity contribution in [3.63, 3.8) is 0 Å². The zero-order valence-electron chi connectivity index (χ0n) is 17.4. The third-order valence-electron chi connectivity index (χ3n) is 4.73. The van der Waals surface area contributed by atoms with E-state index < -0.39 is 21.7 Å². The summed E-state index contributed by atoms with van der Waals surface area (Å²) in [5, 5.41) is 3.17. The van der Waals surface area contributed by atoms with Crippen molar-refractivity contribution < 1.29 is 22.0 Å². The topological polar surface area (TPSA) is 114 Å². The van der Waals surface area contributed by atoms with E-state index >= 15 is 0 Å². The minimum absolute atomic E-state index is 0.000176. The highest BCUT2D eigenvalue weighted by Crippen LogP contribution is 2.27. The Morgan fingerprint density at radius 2 is 1.72 bits per heavy atom. The van der Waals surface area contributed by atoms with Crippen LogP contribution in [0.5, 0.6) is 0 Å². The molecule has 4 aromatic rings. The van der Waals surface area contributed by atoms with E-state index in [4.69, 9.17) is 4.42 Å². The molecule has 0 saturated heterocycles. The number of fused-ring (bicyclic) bond motifs is 1. The van der Waals surface area contributed by atoms with E-state index in [0.717, 1.165) is 0 Å². The predicted octanol–water partition coefficient (Wildman–Crippen LogP) is 4.34. The van der Waals surface area contributed by atoms with Gasteiger partial charge in [0.25, 0.3) is 15.9 Å². The van der Waals surface area contributed by atoms with Crippen LogP contribution in [-0.4, -0.2) is 24.3 Å². The molecule has 1 amide bonds. The molecule has 2 aromatic carbocycles. The molecule has 2 heterocycles. The Morgan fingerprint density at radius 1 is 1.00 bits per heavy atom. The number of rotatable bonds is 5. The number of halogens is 1. The van der Waals surface area contributed by atoms with E-state index in [-0.39, 0.29) is 16.5 Å². The van der Waals surface area contributed by atoms with E-state index in [1.165, 1.54) is 48.5 Å². The maximum atomic E-state index is 13.5. The maximum absolute atomic E-state index is 13.5. The number of hydrogen-bond acceptors (Lipinski definition) is 6. The van der Waals surface area contributed by atoms with Crippen molar-refractivity contribution in [3.05, 3.63) is 77.2 Å². The first kappa shape index (κ1) is 21.4. The van der Waals surface area contributed by atoms with Crippen LogP contribution in [0.1, 0.15) is 27.6 Å². The molecule has 0 bridgehead atoms. The van der Waals surface area contributed by atoms with Crippen LogP contribution < -0.4 is 10.0 Å². The molecular weight excluding hydrogens is 435 g/mol. The standard InChI is InChI=1S/C22H19FN4O4S/c1-12-10-20(25-14(3)24-12)27-32(29,30)17-7-5-16(6-8-17)26-22(28)21-13(2)18-11-15(23)4-9-19(18)31-21/h4-11H,1-3H3,(H,26,28)(H,24,25,27). The van der Waals surface area contributed by atoms with Crippen LogP contribution >= 0.6 is 0 Å². The summed E-state index contributed by atoms with van der Waals surface area (Å²) in [6, 6.07) is 11.2. The van der Waals surface area contributed by atoms with Crippen molar-refractivity contribution in [1.82, 2.24) is 9.97 Å². The molecule has 0 atom stereocenters. The second-order valence-corrected chi connectivity index (χ2v) is 8.90. The van der Waals surface area contributed by atoms with Crippen molar-refractivity contribution in [2.24, 2.45) is 0 Å². The Kier molecular flexibility index (Phi) is 5.39. The molecule has 0 spiro atoms. The second kappa shape index (κ2) is 8.04. The fourth-order valence-corrected chi connectivity index (χ4v) is 4.27. The van der Waals surface area contributed by atoms with Gasteiger partial charge in [0, 0.05) is 28.4 Å². The van der Waals surface area contributed by atoms with Crippen LogP contribution in [0.25, 0.3) is 11.0 Å². The lowest BCUT2D eigenvalue weighted by atomic mass is 10.1. The van der Waals surface area contributed by atoms with Gasteiger partial charge in [0.15, 0.2) is 5.76 Å². The summed E-state index contributed by atoms with van der Waals surface area (Å²) < 4.78 is 46.7. The Bertz CT molecular complexity index is 1430. The molecule has 8 nitrogen and oxygen atoms in total. The number of nitrogens with zero attached hydrogens (tertiary/aromatic N) is 2. The van der Waals surface area contributed by atoms with Gasteiger partial charge in [-0.2, -0.15) is 0 Å². The monoisotopic (exact) mass is 454 g/mol. The van der Waals surface area contributed by atoms with Crippen molar-refractivity contribution >= 4 is 38.4 Å². The number of aromatic nitrogens is 2. The SMILES string of the molecule is Cc1cc(NS(=O)(=O)c2ccc(NC(=O)c3oc4ccc(F)cc4c3C)cc2)nc(C)n1. The first-order valence-corrected chi connectivity index (χ1v) is 11.1. The largest absolute Gasteiger partial charge is 0.451 e. The van der Waals surface area contributed by atoms with Crippen molar-refractivity contribution in [2.75, 3.05) is 10.0 Å². The molecule has 0 saturated carbocycles. The van der Waals surface area contributed by atoms with E-state index in [0.29, 0.717) is 33.7 Å². The summed E-state index contributed by atoms with van der Waals surface area (Å²) >= 11 is 0. The van der Waals surface area contributed by atoms with Crippen LogP contribution in [-0.2, 0) is 10.0 Å². The lowest BCUT2D eigenvalue weighted by Crippen LogP contribution is -2.15. The summed E-state index contributed by atoms with van der Waals surface area (Å²) in [5.41, 5.74) is 1.91. The van der Waals surface area contributed by atoms with Gasteiger partial charge in [0.2, 0.25) is 0 Å². The van der Waals surface area contributed by atoms with Gasteiger partial charge in [0.1, 0.15) is 23.0 Å². The van der Waals surface area contributed by atoms with E-state index in [1.807, 2.05) is 0 Å². The van der Waals surface area contributed by atoms with Crippen LogP contribution in [0.15, 0.2) is 57.8 Å². The third-order valence-corrected chi connectivity index (χ3v) is 6.10. The highest BCUT2D eigenvalue weighted by atomic mass is 32.2. The number of aryl methyl sites for hydroxylation is 3. The lowest BCUT2D eigenvalue weighted by Gasteiger charge is -2.09. The van der Waals surface area contributed by atoms with Crippen LogP contribution in [0.3, 0.4) is 0 Å². The molecule has 0 aliphatic rings. The first-order chi connectivity index (χ1) is 15.1. The summed E-state index contributed by atoms with van der Waals surface area (Å²) in [6.45, 7) is 5.07. The number of amides is 1. The minimum atomic E-state index is -3.88. The normalized spacial score (nSPS) is 11.5. The van der Waals surface area contributed by atoms with Crippen LogP contribution in [0.2, 0.25) is 0 Å². The van der Waals surface area contributed by atoms with Crippen molar-refractivity contribution in [1.29, 1.82) is 0 Å².